The Hall–Kier alpha value is -1.96. The van der Waals surface area contributed by atoms with Gasteiger partial charge in [0.15, 0.2) is 0 Å². The molecule has 0 aliphatic carbocycles. The predicted molar refractivity (Wildman–Crippen MR) is 69.9 cm³/mol. The molecule has 0 atom stereocenters. The minimum Gasteiger partial charge on any atom is -0.357 e. The van der Waals surface area contributed by atoms with Crippen LogP contribution in [0.15, 0.2) is 28.8 Å². The van der Waals surface area contributed by atoms with Gasteiger partial charge >= 0.3 is 0 Å². The molecule has 0 amide bonds. The van der Waals surface area contributed by atoms with Crippen LogP contribution in [0.25, 0.3) is 0 Å². The van der Waals surface area contributed by atoms with E-state index in [2.05, 4.69) is 30.2 Å². The summed E-state index contributed by atoms with van der Waals surface area (Å²) in [6.45, 7) is 0. The number of hydrogen-bond donors (Lipinski definition) is 1. The fourth-order valence-electron chi connectivity index (χ4n) is 1.14. The van der Waals surface area contributed by atoms with Crippen LogP contribution in [0.3, 0.4) is 0 Å². The zero-order valence-corrected chi connectivity index (χ0v) is 11.1. The average Bonchev–Trinajstić information content (AvgIpc) is 2.39. The second-order valence-corrected chi connectivity index (χ2v) is 4.52. The molecule has 0 aliphatic rings. The van der Waals surface area contributed by atoms with E-state index in [4.69, 9.17) is 0 Å². The van der Waals surface area contributed by atoms with Gasteiger partial charge in [-0.1, -0.05) is 0 Å². The lowest BCUT2D eigenvalue weighted by Gasteiger charge is -2.11. The Labute approximate surface area is 109 Å². The summed E-state index contributed by atoms with van der Waals surface area (Å²) in [5, 5.41) is 4.30. The number of hydrogen-bond acceptors (Lipinski definition) is 8. The molecule has 0 aliphatic heterocycles. The molecule has 0 unspecified atom stereocenters. The Kier molecular flexibility index (Phi) is 3.88. The van der Waals surface area contributed by atoms with Crippen molar-refractivity contribution in [3.05, 3.63) is 18.6 Å². The first-order valence-corrected chi connectivity index (χ1v) is 6.05. The summed E-state index contributed by atoms with van der Waals surface area (Å²) in [4.78, 5) is 22.7. The van der Waals surface area contributed by atoms with Crippen molar-refractivity contribution in [1.82, 2.24) is 24.9 Å². The molecule has 1 N–H and O–H groups in total. The van der Waals surface area contributed by atoms with E-state index in [-0.39, 0.29) is 0 Å². The van der Waals surface area contributed by atoms with Crippen LogP contribution < -0.4 is 10.2 Å². The molecule has 2 aromatic heterocycles. The molecule has 2 heterocycles. The van der Waals surface area contributed by atoms with Gasteiger partial charge in [0.1, 0.15) is 11.4 Å². The van der Waals surface area contributed by atoms with Crippen LogP contribution >= 0.6 is 11.8 Å². The average molecular weight is 263 g/mol. The van der Waals surface area contributed by atoms with E-state index in [9.17, 15) is 0 Å². The van der Waals surface area contributed by atoms with Gasteiger partial charge in [-0.05, 0) is 17.8 Å². The van der Waals surface area contributed by atoms with Gasteiger partial charge in [0.2, 0.25) is 17.1 Å². The third kappa shape index (κ3) is 3.04. The van der Waals surface area contributed by atoms with Gasteiger partial charge in [-0.3, -0.25) is 0 Å². The molecule has 2 aromatic rings. The molecule has 0 saturated heterocycles. The zero-order valence-electron chi connectivity index (χ0n) is 10.3. The van der Waals surface area contributed by atoms with Crippen molar-refractivity contribution in [3.63, 3.8) is 0 Å². The third-order valence-electron chi connectivity index (χ3n) is 1.98. The van der Waals surface area contributed by atoms with Crippen molar-refractivity contribution in [1.29, 1.82) is 0 Å². The summed E-state index contributed by atoms with van der Waals surface area (Å²) in [7, 11) is 5.54. The van der Waals surface area contributed by atoms with Crippen molar-refractivity contribution in [2.24, 2.45) is 0 Å². The smallest absolute Gasteiger partial charge is 0.230 e. The molecule has 0 aromatic carbocycles. The highest BCUT2D eigenvalue weighted by molar-refractivity contribution is 7.99. The molecular weight excluding hydrogens is 250 g/mol. The molecule has 0 saturated carbocycles. The first kappa shape index (κ1) is 12.5. The van der Waals surface area contributed by atoms with Crippen molar-refractivity contribution >= 4 is 23.7 Å². The maximum Gasteiger partial charge on any atom is 0.230 e. The van der Waals surface area contributed by atoms with Gasteiger partial charge < -0.3 is 10.2 Å². The first-order chi connectivity index (χ1) is 8.69. The minimum absolute atomic E-state index is 0.533. The van der Waals surface area contributed by atoms with Crippen LogP contribution in [0.4, 0.5) is 11.9 Å². The quantitative estimate of drug-likeness (QED) is 0.816. The Morgan fingerprint density at radius 2 is 2.06 bits per heavy atom. The van der Waals surface area contributed by atoms with Crippen LogP contribution in [-0.4, -0.2) is 46.1 Å². The fraction of sp³-hybridized carbons (Fsp3) is 0.300. The number of nitrogens with zero attached hydrogens (tertiary/aromatic N) is 6. The third-order valence-corrected chi connectivity index (χ3v) is 2.79. The fourth-order valence-corrected chi connectivity index (χ4v) is 1.81. The molecule has 8 heteroatoms. The van der Waals surface area contributed by atoms with Gasteiger partial charge in [-0.2, -0.15) is 15.0 Å². The SMILES string of the molecule is CNc1nc(Sc2ccncn2)nc(N(C)C)n1. The Balaban J connectivity index is 2.30. The Morgan fingerprint density at radius 1 is 1.22 bits per heavy atom. The van der Waals surface area contributed by atoms with E-state index in [1.165, 1.54) is 18.1 Å². The van der Waals surface area contributed by atoms with E-state index >= 15 is 0 Å². The van der Waals surface area contributed by atoms with Gasteiger partial charge in [0, 0.05) is 27.3 Å². The van der Waals surface area contributed by atoms with Crippen LogP contribution in [0.2, 0.25) is 0 Å². The van der Waals surface area contributed by atoms with Crippen LogP contribution in [0, 0.1) is 0 Å². The predicted octanol–water partition coefficient (Wildman–Crippen LogP) is 0.920. The van der Waals surface area contributed by atoms with Crippen molar-refractivity contribution in [2.75, 3.05) is 31.4 Å². The lowest BCUT2D eigenvalue weighted by Crippen LogP contribution is -2.15. The van der Waals surface area contributed by atoms with Gasteiger partial charge in [-0.15, -0.1) is 0 Å². The van der Waals surface area contributed by atoms with E-state index in [0.29, 0.717) is 17.1 Å². The Morgan fingerprint density at radius 3 is 2.67 bits per heavy atom. The van der Waals surface area contributed by atoms with Gasteiger partial charge in [0.05, 0.1) is 0 Å². The highest BCUT2D eigenvalue weighted by Crippen LogP contribution is 2.23. The lowest BCUT2D eigenvalue weighted by atomic mass is 10.7. The molecule has 0 spiro atoms. The highest BCUT2D eigenvalue weighted by atomic mass is 32.2. The largest absolute Gasteiger partial charge is 0.357 e. The molecule has 94 valence electrons. The van der Waals surface area contributed by atoms with E-state index in [1.807, 2.05) is 25.1 Å². The zero-order chi connectivity index (χ0) is 13.0. The molecule has 0 bridgehead atoms. The van der Waals surface area contributed by atoms with Gasteiger partial charge in [-0.25, -0.2) is 9.97 Å². The summed E-state index contributed by atoms with van der Waals surface area (Å²) in [6, 6.07) is 1.81. The van der Waals surface area contributed by atoms with Crippen molar-refractivity contribution < 1.29 is 0 Å². The van der Waals surface area contributed by atoms with Crippen LogP contribution in [-0.2, 0) is 0 Å². The van der Waals surface area contributed by atoms with Gasteiger partial charge in [0.25, 0.3) is 0 Å². The molecule has 18 heavy (non-hydrogen) atoms. The summed E-state index contributed by atoms with van der Waals surface area (Å²) in [6.07, 6.45) is 3.18. The second kappa shape index (κ2) is 5.58. The van der Waals surface area contributed by atoms with Crippen molar-refractivity contribution in [2.45, 2.75) is 10.2 Å². The maximum atomic E-state index is 4.34. The normalized spacial score (nSPS) is 10.2. The Bertz CT molecular complexity index is 517. The van der Waals surface area contributed by atoms with Crippen molar-refractivity contribution in [3.8, 4) is 0 Å². The molecule has 2 rings (SSSR count). The molecule has 0 radical (unpaired) electrons. The lowest BCUT2D eigenvalue weighted by molar-refractivity contribution is 0.867. The summed E-state index contributed by atoms with van der Waals surface area (Å²) >= 11 is 1.37. The van der Waals surface area contributed by atoms with Crippen LogP contribution in [0.5, 0.6) is 0 Å². The summed E-state index contributed by atoms with van der Waals surface area (Å²) in [5.74, 6) is 1.14. The standard InChI is InChI=1S/C10H13N7S/c1-11-8-14-9(17(2)3)16-10(15-8)18-7-4-5-12-6-13-7/h4-6H,1-3H3,(H,11,14,15,16). The van der Waals surface area contributed by atoms with E-state index in [1.54, 1.807) is 13.2 Å². The molecule has 0 fully saturated rings. The first-order valence-electron chi connectivity index (χ1n) is 5.24. The van der Waals surface area contributed by atoms with E-state index < -0.39 is 0 Å². The molecule has 7 nitrogen and oxygen atoms in total. The second-order valence-electron chi connectivity index (χ2n) is 3.54. The molecular formula is C10H13N7S. The maximum absolute atomic E-state index is 4.34. The number of aromatic nitrogens is 5. The number of rotatable bonds is 4. The number of anilines is 2. The monoisotopic (exact) mass is 263 g/mol. The summed E-state index contributed by atoms with van der Waals surface area (Å²) < 4.78 is 0. The number of nitrogens with one attached hydrogen (secondary N) is 1. The van der Waals surface area contributed by atoms with Crippen LogP contribution in [0.1, 0.15) is 0 Å². The van der Waals surface area contributed by atoms with E-state index in [0.717, 1.165) is 5.03 Å². The minimum atomic E-state index is 0.533. The highest BCUT2D eigenvalue weighted by Gasteiger charge is 2.09. The topological polar surface area (TPSA) is 79.7 Å². The summed E-state index contributed by atoms with van der Waals surface area (Å²) in [5.41, 5.74) is 0.